The predicted molar refractivity (Wildman–Crippen MR) is 136 cm³/mol. The Kier molecular flexibility index (Phi) is 12.8. The molecule has 0 saturated carbocycles. The van der Waals surface area contributed by atoms with E-state index in [-0.39, 0.29) is 23.9 Å². The zero-order chi connectivity index (χ0) is 23.9. The van der Waals surface area contributed by atoms with E-state index in [9.17, 15) is 14.4 Å². The summed E-state index contributed by atoms with van der Waals surface area (Å²) >= 11 is 0. The van der Waals surface area contributed by atoms with Crippen LogP contribution in [0.1, 0.15) is 131 Å². The van der Waals surface area contributed by atoms with Crippen LogP contribution in [0, 0.1) is 0 Å². The lowest BCUT2D eigenvalue weighted by Crippen LogP contribution is -2.28. The first kappa shape index (κ1) is 27.0. The smallest absolute Gasteiger partial charge is 0.224 e. The van der Waals surface area contributed by atoms with Crippen molar-refractivity contribution in [2.24, 2.45) is 0 Å². The van der Waals surface area contributed by atoms with Gasteiger partial charge in [0, 0.05) is 28.8 Å². The van der Waals surface area contributed by atoms with Gasteiger partial charge in [-0.15, -0.1) is 0 Å². The first-order valence-electron chi connectivity index (χ1n) is 13.2. The molecule has 33 heavy (non-hydrogen) atoms. The molecular formula is C29H43NO3. The van der Waals surface area contributed by atoms with Crippen molar-refractivity contribution in [3.05, 3.63) is 46.5 Å². The van der Waals surface area contributed by atoms with Crippen LogP contribution in [-0.2, 0) is 4.79 Å². The number of fused-ring (bicyclic) bond motifs is 1. The Morgan fingerprint density at radius 3 is 1.67 bits per heavy atom. The fourth-order valence-corrected chi connectivity index (χ4v) is 4.53. The van der Waals surface area contributed by atoms with Gasteiger partial charge in [-0.25, -0.2) is 0 Å². The van der Waals surface area contributed by atoms with E-state index >= 15 is 0 Å². The van der Waals surface area contributed by atoms with Crippen LogP contribution in [0.3, 0.4) is 0 Å². The summed E-state index contributed by atoms with van der Waals surface area (Å²) in [7, 11) is 0. The number of allylic oxidation sites excluding steroid dienone is 1. The van der Waals surface area contributed by atoms with Gasteiger partial charge in [-0.3, -0.25) is 14.4 Å². The minimum Gasteiger partial charge on any atom is -0.356 e. The van der Waals surface area contributed by atoms with Gasteiger partial charge < -0.3 is 5.32 Å². The molecular weight excluding hydrogens is 410 g/mol. The van der Waals surface area contributed by atoms with Crippen molar-refractivity contribution >= 4 is 17.5 Å². The fourth-order valence-electron chi connectivity index (χ4n) is 4.53. The summed E-state index contributed by atoms with van der Waals surface area (Å²) in [4.78, 5) is 37.6. The van der Waals surface area contributed by atoms with Crippen LogP contribution in [0.2, 0.25) is 0 Å². The largest absolute Gasteiger partial charge is 0.356 e. The maximum absolute atomic E-state index is 12.7. The molecule has 0 heterocycles. The Balaban J connectivity index is 1.51. The number of unbranched alkanes of at least 4 members (excludes halogenated alkanes) is 13. The number of hydrogen-bond donors (Lipinski definition) is 1. The highest BCUT2D eigenvalue weighted by atomic mass is 16.2. The van der Waals surface area contributed by atoms with Crippen LogP contribution < -0.4 is 5.32 Å². The molecule has 1 amide bonds. The molecule has 4 nitrogen and oxygen atoms in total. The molecule has 0 fully saturated rings. The van der Waals surface area contributed by atoms with E-state index in [1.165, 1.54) is 77.0 Å². The van der Waals surface area contributed by atoms with E-state index in [2.05, 4.69) is 12.2 Å². The quantitative estimate of drug-likeness (QED) is 0.250. The summed E-state index contributed by atoms with van der Waals surface area (Å²) in [6, 6.07) is 6.84. The van der Waals surface area contributed by atoms with E-state index in [0.717, 1.165) is 12.8 Å². The van der Waals surface area contributed by atoms with Gasteiger partial charge in [0.25, 0.3) is 0 Å². The molecule has 1 aliphatic carbocycles. The lowest BCUT2D eigenvalue weighted by atomic mass is 9.83. The van der Waals surface area contributed by atoms with Crippen LogP contribution >= 0.6 is 0 Å². The van der Waals surface area contributed by atoms with E-state index < -0.39 is 0 Å². The van der Waals surface area contributed by atoms with Crippen LogP contribution in [0.4, 0.5) is 0 Å². The highest BCUT2D eigenvalue weighted by Crippen LogP contribution is 2.27. The lowest BCUT2D eigenvalue weighted by molar-refractivity contribution is -0.120. The third-order valence-electron chi connectivity index (χ3n) is 6.67. The minimum atomic E-state index is -0.200. The normalized spacial score (nSPS) is 13.4. The fraction of sp³-hybridized carbons (Fsp3) is 0.621. The predicted octanol–water partition coefficient (Wildman–Crippen LogP) is 7.37. The Bertz CT molecular complexity index is 809. The van der Waals surface area contributed by atoms with Crippen LogP contribution in [0.15, 0.2) is 35.4 Å². The van der Waals surface area contributed by atoms with E-state index in [4.69, 9.17) is 0 Å². The van der Waals surface area contributed by atoms with Crippen molar-refractivity contribution in [3.63, 3.8) is 0 Å². The third-order valence-corrected chi connectivity index (χ3v) is 6.67. The Morgan fingerprint density at radius 1 is 0.697 bits per heavy atom. The first-order chi connectivity index (χ1) is 16.1. The number of Topliss-reactive ketones (excluding diaryl/α,β-unsaturated/α-hetero) is 2. The zero-order valence-electron chi connectivity index (χ0n) is 20.8. The number of rotatable bonds is 17. The SMILES string of the molecule is CCCCCCCCCCCCCCCCNC(=O)CC1=C(C)C(=O)c2ccccc2C1=O. The summed E-state index contributed by atoms with van der Waals surface area (Å²) in [5.41, 5.74) is 1.57. The van der Waals surface area contributed by atoms with Gasteiger partial charge in [0.15, 0.2) is 11.6 Å². The first-order valence-corrected chi connectivity index (χ1v) is 13.2. The van der Waals surface area contributed by atoms with E-state index in [1.807, 2.05) is 0 Å². The van der Waals surface area contributed by atoms with E-state index in [0.29, 0.717) is 28.8 Å². The average Bonchev–Trinajstić information content (AvgIpc) is 2.83. The van der Waals surface area contributed by atoms with Crippen molar-refractivity contribution in [2.45, 2.75) is 110 Å². The maximum atomic E-state index is 12.7. The monoisotopic (exact) mass is 453 g/mol. The third kappa shape index (κ3) is 9.27. The standard InChI is InChI=1S/C29H43NO3/c1-3-4-5-6-7-8-9-10-11-12-13-14-15-18-21-30-27(31)22-26-23(2)28(32)24-19-16-17-20-25(24)29(26)33/h16-17,19-20H,3-15,18,21-22H2,1-2H3,(H,30,31). The second-order valence-electron chi connectivity index (χ2n) is 9.43. The number of hydrogen-bond acceptors (Lipinski definition) is 3. The van der Waals surface area contributed by atoms with Gasteiger partial charge in [0.2, 0.25) is 5.91 Å². The minimum absolute atomic E-state index is 0.0245. The van der Waals surface area contributed by atoms with Crippen molar-refractivity contribution in [2.75, 3.05) is 6.54 Å². The van der Waals surface area contributed by atoms with Gasteiger partial charge in [0.05, 0.1) is 6.42 Å². The molecule has 0 atom stereocenters. The van der Waals surface area contributed by atoms with Crippen LogP contribution in [-0.4, -0.2) is 24.0 Å². The van der Waals surface area contributed by atoms with Gasteiger partial charge in [0.1, 0.15) is 0 Å². The number of carbonyl (C=O) groups excluding carboxylic acids is 3. The molecule has 1 aromatic rings. The van der Waals surface area contributed by atoms with Crippen molar-refractivity contribution < 1.29 is 14.4 Å². The van der Waals surface area contributed by atoms with Gasteiger partial charge in [-0.2, -0.15) is 0 Å². The summed E-state index contributed by atoms with van der Waals surface area (Å²) in [6.07, 6.45) is 18.2. The highest BCUT2D eigenvalue weighted by Gasteiger charge is 2.30. The van der Waals surface area contributed by atoms with E-state index in [1.54, 1.807) is 31.2 Å². The molecule has 2 rings (SSSR count). The highest BCUT2D eigenvalue weighted by molar-refractivity contribution is 6.27. The molecule has 0 aliphatic heterocycles. The molecule has 1 N–H and O–H groups in total. The zero-order valence-corrected chi connectivity index (χ0v) is 20.8. The van der Waals surface area contributed by atoms with Gasteiger partial charge in [-0.1, -0.05) is 115 Å². The molecule has 0 spiro atoms. The number of amides is 1. The lowest BCUT2D eigenvalue weighted by Gasteiger charge is -2.18. The molecule has 0 radical (unpaired) electrons. The summed E-state index contributed by atoms with van der Waals surface area (Å²) in [5, 5.41) is 2.92. The Hall–Kier alpha value is -2.23. The second-order valence-corrected chi connectivity index (χ2v) is 9.43. The molecule has 1 aromatic carbocycles. The van der Waals surface area contributed by atoms with Crippen molar-refractivity contribution in [1.82, 2.24) is 5.32 Å². The number of ketones is 2. The van der Waals surface area contributed by atoms with Crippen molar-refractivity contribution in [3.8, 4) is 0 Å². The van der Waals surface area contributed by atoms with Gasteiger partial charge in [-0.05, 0) is 13.3 Å². The number of carbonyl (C=O) groups is 3. The van der Waals surface area contributed by atoms with Crippen molar-refractivity contribution in [1.29, 1.82) is 0 Å². The van der Waals surface area contributed by atoms with Crippen LogP contribution in [0.5, 0.6) is 0 Å². The van der Waals surface area contributed by atoms with Crippen LogP contribution in [0.25, 0.3) is 0 Å². The molecule has 4 heteroatoms. The Labute approximate surface area is 200 Å². The van der Waals surface area contributed by atoms with Gasteiger partial charge >= 0.3 is 0 Å². The maximum Gasteiger partial charge on any atom is 0.224 e. The summed E-state index contributed by atoms with van der Waals surface area (Å²) in [5.74, 6) is -0.533. The molecule has 1 aliphatic rings. The number of benzene rings is 1. The molecule has 182 valence electrons. The molecule has 0 unspecified atom stereocenters. The molecule has 0 saturated heterocycles. The molecule has 0 aromatic heterocycles. The second kappa shape index (κ2) is 15.6. The average molecular weight is 454 g/mol. The topological polar surface area (TPSA) is 63.2 Å². The number of nitrogens with one attached hydrogen (secondary N) is 1. The molecule has 0 bridgehead atoms. The summed E-state index contributed by atoms with van der Waals surface area (Å²) < 4.78 is 0. The summed E-state index contributed by atoms with van der Waals surface area (Å²) in [6.45, 7) is 4.54. The Morgan fingerprint density at radius 2 is 1.15 bits per heavy atom.